The number of sulfonamides is 1. The van der Waals surface area contributed by atoms with E-state index in [1.807, 2.05) is 12.1 Å². The van der Waals surface area contributed by atoms with Crippen LogP contribution >= 0.6 is 0 Å². The molecule has 1 aliphatic heterocycles. The fraction of sp³-hybridized carbons (Fsp3) is 0.393. The molecule has 40 heavy (non-hydrogen) atoms. The number of carbonyl (C=O) groups is 1. The highest BCUT2D eigenvalue weighted by Crippen LogP contribution is 2.27. The zero-order chi connectivity index (χ0) is 28.9. The first-order valence-corrected chi connectivity index (χ1v) is 14.7. The largest absolute Gasteiger partial charge is 0.462 e. The van der Waals surface area contributed by atoms with Gasteiger partial charge in [0.2, 0.25) is 16.0 Å². The van der Waals surface area contributed by atoms with Crippen molar-refractivity contribution < 1.29 is 17.9 Å². The average molecular weight is 568 g/mol. The molecule has 0 radical (unpaired) electrons. The number of aromatic nitrogens is 2. The van der Waals surface area contributed by atoms with Gasteiger partial charge in [-0.3, -0.25) is 4.72 Å². The maximum Gasteiger partial charge on any atom is 0.343 e. The van der Waals surface area contributed by atoms with E-state index in [1.165, 1.54) is 6.20 Å². The molecule has 0 aliphatic carbocycles. The summed E-state index contributed by atoms with van der Waals surface area (Å²) in [6.07, 6.45) is 1.40. The fourth-order valence-corrected chi connectivity index (χ4v) is 4.69. The Morgan fingerprint density at radius 2 is 1.65 bits per heavy atom. The lowest BCUT2D eigenvalue weighted by molar-refractivity contribution is 0.0526. The van der Waals surface area contributed by atoms with Crippen molar-refractivity contribution in [3.63, 3.8) is 0 Å². The van der Waals surface area contributed by atoms with Crippen LogP contribution in [0.15, 0.2) is 54.7 Å². The van der Waals surface area contributed by atoms with Crippen LogP contribution in [0.5, 0.6) is 0 Å². The highest BCUT2D eigenvalue weighted by molar-refractivity contribution is 7.94. The molecule has 2 heterocycles. The van der Waals surface area contributed by atoms with Gasteiger partial charge in [-0.25, -0.2) is 18.2 Å². The quantitative estimate of drug-likeness (QED) is 0.319. The molecular formula is C28H37N7O4S. The number of piperazine rings is 1. The van der Waals surface area contributed by atoms with Gasteiger partial charge in [0, 0.05) is 49.4 Å². The number of benzene rings is 2. The second-order valence-electron chi connectivity index (χ2n) is 10.6. The molecule has 1 aliphatic rings. The van der Waals surface area contributed by atoms with Gasteiger partial charge in [-0.05, 0) is 77.2 Å². The van der Waals surface area contributed by atoms with Gasteiger partial charge < -0.3 is 25.2 Å². The number of likely N-dealkylation sites (N-methyl/N-ethyl adjacent to an activating group) is 1. The summed E-state index contributed by atoms with van der Waals surface area (Å²) < 4.78 is 32.1. The summed E-state index contributed by atoms with van der Waals surface area (Å²) in [5, 5.41) is 6.31. The molecule has 1 fully saturated rings. The lowest BCUT2D eigenvalue weighted by atomic mass is 10.2. The zero-order valence-electron chi connectivity index (χ0n) is 23.6. The number of nitrogens with one attached hydrogen (secondary N) is 3. The van der Waals surface area contributed by atoms with Crippen LogP contribution < -0.4 is 20.3 Å². The fourth-order valence-electron chi connectivity index (χ4n) is 3.95. The summed E-state index contributed by atoms with van der Waals surface area (Å²) in [5.74, 6) is -0.0639. The van der Waals surface area contributed by atoms with E-state index in [0.717, 1.165) is 37.6 Å². The third kappa shape index (κ3) is 7.19. The molecule has 0 saturated carbocycles. The first-order valence-electron chi connectivity index (χ1n) is 13.2. The molecule has 3 N–H and O–H groups in total. The summed E-state index contributed by atoms with van der Waals surface area (Å²) in [4.78, 5) is 26.2. The maximum absolute atomic E-state index is 12.6. The summed E-state index contributed by atoms with van der Waals surface area (Å²) in [6.45, 7) is 10.8. The molecule has 0 atom stereocenters. The van der Waals surface area contributed by atoms with E-state index in [-0.39, 0.29) is 23.9 Å². The van der Waals surface area contributed by atoms with Crippen molar-refractivity contribution in [1.82, 2.24) is 14.9 Å². The van der Waals surface area contributed by atoms with Gasteiger partial charge in [-0.15, -0.1) is 0 Å². The second-order valence-corrected chi connectivity index (χ2v) is 13.0. The first kappa shape index (κ1) is 29.1. The normalized spacial score (nSPS) is 14.5. The van der Waals surface area contributed by atoms with Crippen LogP contribution in [0.3, 0.4) is 0 Å². The van der Waals surface area contributed by atoms with Crippen LogP contribution in [0.2, 0.25) is 0 Å². The molecule has 0 spiro atoms. The third-order valence-electron chi connectivity index (χ3n) is 6.46. The van der Waals surface area contributed by atoms with Crippen LogP contribution in [0.1, 0.15) is 38.1 Å². The molecule has 1 saturated heterocycles. The lowest BCUT2D eigenvalue weighted by Gasteiger charge is -2.34. The molecule has 4 rings (SSSR count). The summed E-state index contributed by atoms with van der Waals surface area (Å²) >= 11 is 0. The van der Waals surface area contributed by atoms with Gasteiger partial charge in [0.25, 0.3) is 0 Å². The summed E-state index contributed by atoms with van der Waals surface area (Å²) in [5.41, 5.74) is 3.01. The van der Waals surface area contributed by atoms with Crippen LogP contribution in [0.4, 0.5) is 34.5 Å². The highest BCUT2D eigenvalue weighted by atomic mass is 32.2. The van der Waals surface area contributed by atoms with Crippen molar-refractivity contribution in [2.45, 2.75) is 32.4 Å². The Morgan fingerprint density at radius 1 is 0.975 bits per heavy atom. The number of rotatable bonds is 9. The Morgan fingerprint density at radius 3 is 2.30 bits per heavy atom. The standard InChI is InChI=1S/C28H37N7O4S/c1-6-39-26(36)24-19-29-27(31-20-10-12-23(13-11-20)35-16-14-34(5)15-17-35)32-25(24)30-21-8-7-9-22(18-21)33-40(37,38)28(2,3)4/h7-13,18-19,33H,6,14-17H2,1-5H3,(H2,29,30,31,32). The second kappa shape index (κ2) is 12.1. The molecule has 0 bridgehead atoms. The van der Waals surface area contributed by atoms with Gasteiger partial charge in [-0.1, -0.05) is 6.07 Å². The molecule has 0 amide bonds. The van der Waals surface area contributed by atoms with E-state index in [2.05, 4.69) is 54.3 Å². The van der Waals surface area contributed by atoms with Crippen molar-refractivity contribution in [2.75, 3.05) is 60.1 Å². The topological polar surface area (TPSA) is 129 Å². The minimum absolute atomic E-state index is 0.151. The van der Waals surface area contributed by atoms with E-state index < -0.39 is 20.7 Å². The van der Waals surface area contributed by atoms with Gasteiger partial charge >= 0.3 is 5.97 Å². The Balaban J connectivity index is 1.55. The maximum atomic E-state index is 12.6. The van der Waals surface area contributed by atoms with Gasteiger partial charge in [0.05, 0.1) is 17.0 Å². The Hall–Kier alpha value is -3.90. The average Bonchev–Trinajstić information content (AvgIpc) is 2.89. The molecule has 2 aromatic carbocycles. The first-order chi connectivity index (χ1) is 18.9. The van der Waals surface area contributed by atoms with E-state index >= 15 is 0 Å². The number of ether oxygens (including phenoxy) is 1. The van der Waals surface area contributed by atoms with Crippen LogP contribution in [0.25, 0.3) is 0 Å². The van der Waals surface area contributed by atoms with Crippen molar-refractivity contribution in [2.24, 2.45) is 0 Å². The third-order valence-corrected chi connectivity index (χ3v) is 8.58. The molecule has 3 aromatic rings. The van der Waals surface area contributed by atoms with E-state index in [9.17, 15) is 13.2 Å². The lowest BCUT2D eigenvalue weighted by Crippen LogP contribution is -2.44. The number of nitrogens with zero attached hydrogens (tertiary/aromatic N) is 4. The number of hydrogen-bond acceptors (Lipinski definition) is 10. The van der Waals surface area contributed by atoms with Crippen LogP contribution in [-0.2, 0) is 14.8 Å². The van der Waals surface area contributed by atoms with Gasteiger partial charge in [0.1, 0.15) is 5.56 Å². The monoisotopic (exact) mass is 567 g/mol. The molecule has 1 aromatic heterocycles. The molecule has 12 heteroatoms. The van der Waals surface area contributed by atoms with Crippen molar-refractivity contribution >= 4 is 50.5 Å². The van der Waals surface area contributed by atoms with Crippen LogP contribution in [-0.4, -0.2) is 73.8 Å². The number of esters is 1. The SMILES string of the molecule is CCOC(=O)c1cnc(Nc2ccc(N3CCN(C)CC3)cc2)nc1Nc1cccc(NS(=O)(=O)C(C)(C)C)c1. The minimum Gasteiger partial charge on any atom is -0.462 e. The Bertz CT molecular complexity index is 1430. The Kier molecular flexibility index (Phi) is 8.79. The Labute approximate surface area is 236 Å². The molecule has 11 nitrogen and oxygen atoms in total. The number of hydrogen-bond donors (Lipinski definition) is 3. The van der Waals surface area contributed by atoms with E-state index in [1.54, 1.807) is 52.0 Å². The highest BCUT2D eigenvalue weighted by Gasteiger charge is 2.29. The smallest absolute Gasteiger partial charge is 0.343 e. The predicted octanol–water partition coefficient (Wildman–Crippen LogP) is 4.43. The van der Waals surface area contributed by atoms with E-state index in [0.29, 0.717) is 11.4 Å². The minimum atomic E-state index is -3.62. The zero-order valence-corrected chi connectivity index (χ0v) is 24.4. The summed E-state index contributed by atoms with van der Waals surface area (Å²) in [7, 11) is -1.49. The number of carbonyl (C=O) groups excluding carboxylic acids is 1. The van der Waals surface area contributed by atoms with Crippen molar-refractivity contribution in [3.8, 4) is 0 Å². The molecule has 214 valence electrons. The van der Waals surface area contributed by atoms with Crippen molar-refractivity contribution in [3.05, 3.63) is 60.3 Å². The predicted molar refractivity (Wildman–Crippen MR) is 159 cm³/mol. The summed E-state index contributed by atoms with van der Waals surface area (Å²) in [6, 6.07) is 14.8. The van der Waals surface area contributed by atoms with Crippen LogP contribution in [0, 0.1) is 0 Å². The van der Waals surface area contributed by atoms with E-state index in [4.69, 9.17) is 4.74 Å². The van der Waals surface area contributed by atoms with Gasteiger partial charge in [-0.2, -0.15) is 4.98 Å². The van der Waals surface area contributed by atoms with Gasteiger partial charge in [0.15, 0.2) is 5.82 Å². The molecular weight excluding hydrogens is 530 g/mol. The number of anilines is 6. The van der Waals surface area contributed by atoms with Crippen molar-refractivity contribution in [1.29, 1.82) is 0 Å². The molecule has 0 unspecified atom stereocenters.